The van der Waals surface area contributed by atoms with Crippen LogP contribution >= 0.6 is 0 Å². The molecule has 0 aromatic heterocycles. The Labute approximate surface area is 148 Å². The summed E-state index contributed by atoms with van der Waals surface area (Å²) in [6.07, 6.45) is 6.64. The first kappa shape index (κ1) is 19.5. The highest BCUT2D eigenvalue weighted by atomic mass is 16.5. The van der Waals surface area contributed by atoms with E-state index in [9.17, 15) is 0 Å². The average molecular weight is 340 g/mol. The molecule has 6 heteroatoms. The standard InChI is InChI=1S/C18H37N5O/c1-3-19-18(20-9-13-22-10-5-4-6-11-22)21-16-17-8-7-12-23(17)14-15-24-2/h17H,3-16H2,1-2H3,(H2,19,20,21). The van der Waals surface area contributed by atoms with Gasteiger partial charge in [-0.1, -0.05) is 6.42 Å². The van der Waals surface area contributed by atoms with Crippen molar-refractivity contribution in [2.24, 2.45) is 4.99 Å². The van der Waals surface area contributed by atoms with Crippen LogP contribution in [0.5, 0.6) is 0 Å². The number of nitrogens with zero attached hydrogens (tertiary/aromatic N) is 3. The van der Waals surface area contributed by atoms with E-state index >= 15 is 0 Å². The van der Waals surface area contributed by atoms with Gasteiger partial charge in [0.2, 0.25) is 0 Å². The van der Waals surface area contributed by atoms with Crippen LogP contribution in [0.25, 0.3) is 0 Å². The molecule has 0 amide bonds. The molecule has 0 aromatic rings. The summed E-state index contributed by atoms with van der Waals surface area (Å²) in [4.78, 5) is 9.91. The van der Waals surface area contributed by atoms with E-state index in [1.165, 1.54) is 51.7 Å². The lowest BCUT2D eigenvalue weighted by Crippen LogP contribution is -2.43. The maximum Gasteiger partial charge on any atom is 0.191 e. The smallest absolute Gasteiger partial charge is 0.191 e. The summed E-state index contributed by atoms with van der Waals surface area (Å²) >= 11 is 0. The van der Waals surface area contributed by atoms with Crippen LogP contribution in [0.15, 0.2) is 4.99 Å². The van der Waals surface area contributed by atoms with E-state index in [0.717, 1.165) is 45.3 Å². The van der Waals surface area contributed by atoms with Gasteiger partial charge in [-0.2, -0.15) is 0 Å². The van der Waals surface area contributed by atoms with Crippen LogP contribution in [0.1, 0.15) is 39.0 Å². The summed E-state index contributed by atoms with van der Waals surface area (Å²) in [6, 6.07) is 0.567. The highest BCUT2D eigenvalue weighted by Gasteiger charge is 2.23. The lowest BCUT2D eigenvalue weighted by Gasteiger charge is -2.27. The zero-order valence-corrected chi connectivity index (χ0v) is 15.7. The van der Waals surface area contributed by atoms with Crippen molar-refractivity contribution in [2.75, 3.05) is 66.1 Å². The van der Waals surface area contributed by atoms with E-state index in [2.05, 4.69) is 27.4 Å². The Hall–Kier alpha value is -0.850. The molecule has 1 atom stereocenters. The number of rotatable bonds is 9. The van der Waals surface area contributed by atoms with Gasteiger partial charge in [0, 0.05) is 39.3 Å². The molecule has 2 heterocycles. The summed E-state index contributed by atoms with van der Waals surface area (Å²) in [6.45, 7) is 11.5. The second-order valence-electron chi connectivity index (χ2n) is 6.87. The molecule has 2 N–H and O–H groups in total. The van der Waals surface area contributed by atoms with Crippen molar-refractivity contribution in [1.82, 2.24) is 20.4 Å². The number of aliphatic imine (C=N–C) groups is 1. The van der Waals surface area contributed by atoms with E-state index in [0.29, 0.717) is 6.04 Å². The van der Waals surface area contributed by atoms with Crippen LogP contribution in [0, 0.1) is 0 Å². The monoisotopic (exact) mass is 339 g/mol. The van der Waals surface area contributed by atoms with Crippen molar-refractivity contribution in [3.63, 3.8) is 0 Å². The molecule has 0 saturated carbocycles. The minimum Gasteiger partial charge on any atom is -0.383 e. The van der Waals surface area contributed by atoms with Gasteiger partial charge >= 0.3 is 0 Å². The first-order chi connectivity index (χ1) is 11.8. The van der Waals surface area contributed by atoms with Gasteiger partial charge in [0.1, 0.15) is 0 Å². The summed E-state index contributed by atoms with van der Waals surface area (Å²) in [7, 11) is 1.78. The second-order valence-corrected chi connectivity index (χ2v) is 6.87. The number of ether oxygens (including phenoxy) is 1. The van der Waals surface area contributed by atoms with Crippen LogP contribution in [0.4, 0.5) is 0 Å². The zero-order valence-electron chi connectivity index (χ0n) is 15.7. The molecule has 2 aliphatic heterocycles. The number of nitrogens with one attached hydrogen (secondary N) is 2. The number of hydrogen-bond acceptors (Lipinski definition) is 4. The normalized spacial score (nSPS) is 23.6. The minimum atomic E-state index is 0.567. The van der Waals surface area contributed by atoms with E-state index in [4.69, 9.17) is 9.73 Å². The molecule has 24 heavy (non-hydrogen) atoms. The van der Waals surface area contributed by atoms with E-state index in [1.54, 1.807) is 7.11 Å². The topological polar surface area (TPSA) is 52.1 Å². The number of methoxy groups -OCH3 is 1. The van der Waals surface area contributed by atoms with Crippen molar-refractivity contribution in [3.8, 4) is 0 Å². The van der Waals surface area contributed by atoms with Gasteiger partial charge < -0.3 is 20.3 Å². The number of likely N-dealkylation sites (tertiary alicyclic amines) is 2. The van der Waals surface area contributed by atoms with E-state index < -0.39 is 0 Å². The molecule has 2 saturated heterocycles. The van der Waals surface area contributed by atoms with Crippen molar-refractivity contribution >= 4 is 5.96 Å². The van der Waals surface area contributed by atoms with Gasteiger partial charge in [-0.25, -0.2) is 0 Å². The first-order valence-corrected chi connectivity index (χ1v) is 9.81. The van der Waals surface area contributed by atoms with Gasteiger partial charge in [-0.15, -0.1) is 0 Å². The molecule has 140 valence electrons. The molecular formula is C18H37N5O. The van der Waals surface area contributed by atoms with Crippen LogP contribution in [-0.2, 0) is 4.74 Å². The van der Waals surface area contributed by atoms with Crippen LogP contribution in [0.2, 0.25) is 0 Å². The molecule has 0 spiro atoms. The highest BCUT2D eigenvalue weighted by Crippen LogP contribution is 2.16. The number of hydrogen-bond donors (Lipinski definition) is 2. The van der Waals surface area contributed by atoms with Gasteiger partial charge in [-0.05, 0) is 52.2 Å². The molecule has 0 bridgehead atoms. The SMILES string of the molecule is CCNC(=NCC1CCCN1CCOC)NCCN1CCCCC1. The molecule has 6 nitrogen and oxygen atoms in total. The maximum atomic E-state index is 5.22. The lowest BCUT2D eigenvalue weighted by molar-refractivity contribution is 0.142. The third-order valence-corrected chi connectivity index (χ3v) is 5.06. The molecule has 2 aliphatic rings. The maximum absolute atomic E-state index is 5.22. The third-order valence-electron chi connectivity index (χ3n) is 5.06. The average Bonchev–Trinajstić information content (AvgIpc) is 3.06. The lowest BCUT2D eigenvalue weighted by atomic mass is 10.1. The van der Waals surface area contributed by atoms with Gasteiger partial charge in [0.15, 0.2) is 5.96 Å². The molecule has 1 unspecified atom stereocenters. The summed E-state index contributed by atoms with van der Waals surface area (Å²) in [5, 5.41) is 6.88. The summed E-state index contributed by atoms with van der Waals surface area (Å²) < 4.78 is 5.22. The molecule has 2 fully saturated rings. The summed E-state index contributed by atoms with van der Waals surface area (Å²) in [5.74, 6) is 0.966. The Morgan fingerprint density at radius 1 is 1.08 bits per heavy atom. The minimum absolute atomic E-state index is 0.567. The molecule has 0 radical (unpaired) electrons. The molecular weight excluding hydrogens is 302 g/mol. The summed E-state index contributed by atoms with van der Waals surface area (Å²) in [5.41, 5.74) is 0. The number of guanidine groups is 1. The van der Waals surface area contributed by atoms with Crippen molar-refractivity contribution in [2.45, 2.75) is 45.1 Å². The predicted molar refractivity (Wildman–Crippen MR) is 101 cm³/mol. The predicted octanol–water partition coefficient (Wildman–Crippen LogP) is 1.14. The molecule has 2 rings (SSSR count). The fourth-order valence-electron chi connectivity index (χ4n) is 3.66. The van der Waals surface area contributed by atoms with Crippen LogP contribution in [0.3, 0.4) is 0 Å². The van der Waals surface area contributed by atoms with Crippen molar-refractivity contribution < 1.29 is 4.74 Å². The van der Waals surface area contributed by atoms with Gasteiger partial charge in [-0.3, -0.25) is 9.89 Å². The molecule has 0 aromatic carbocycles. The highest BCUT2D eigenvalue weighted by molar-refractivity contribution is 5.79. The van der Waals surface area contributed by atoms with Gasteiger partial charge in [0.05, 0.1) is 13.2 Å². The number of piperidine rings is 1. The first-order valence-electron chi connectivity index (χ1n) is 9.81. The Morgan fingerprint density at radius 2 is 1.92 bits per heavy atom. The van der Waals surface area contributed by atoms with Gasteiger partial charge in [0.25, 0.3) is 0 Å². The molecule has 0 aliphatic carbocycles. The quantitative estimate of drug-likeness (QED) is 0.487. The van der Waals surface area contributed by atoms with Crippen molar-refractivity contribution in [1.29, 1.82) is 0 Å². The fourth-order valence-corrected chi connectivity index (χ4v) is 3.66. The van der Waals surface area contributed by atoms with Crippen LogP contribution in [-0.4, -0.2) is 87.9 Å². The largest absolute Gasteiger partial charge is 0.383 e. The van der Waals surface area contributed by atoms with Crippen LogP contribution < -0.4 is 10.6 Å². The Bertz CT molecular complexity index is 357. The van der Waals surface area contributed by atoms with E-state index in [1.807, 2.05) is 0 Å². The Kier molecular flexibility index (Phi) is 9.46. The second kappa shape index (κ2) is 11.7. The zero-order chi connectivity index (χ0) is 17.0. The Morgan fingerprint density at radius 3 is 2.67 bits per heavy atom. The fraction of sp³-hybridized carbons (Fsp3) is 0.944. The van der Waals surface area contributed by atoms with Crippen molar-refractivity contribution in [3.05, 3.63) is 0 Å². The third kappa shape index (κ3) is 6.95. The van der Waals surface area contributed by atoms with E-state index in [-0.39, 0.29) is 0 Å². The Balaban J connectivity index is 1.72.